The molecule has 1 aliphatic rings. The second-order valence-electron chi connectivity index (χ2n) is 8.17. The van der Waals surface area contributed by atoms with Gasteiger partial charge < -0.3 is 10.1 Å². The minimum atomic E-state index is -0.798. The average Bonchev–Trinajstić information content (AvgIpc) is 2.85. The molecule has 1 amide bonds. The zero-order valence-corrected chi connectivity index (χ0v) is 20.7. The Kier molecular flexibility index (Phi) is 8.02. The van der Waals surface area contributed by atoms with Gasteiger partial charge in [0, 0.05) is 36.2 Å². The highest BCUT2D eigenvalue weighted by Crippen LogP contribution is 2.18. The molecule has 0 aliphatic carbocycles. The first kappa shape index (κ1) is 25.1. The SMILES string of the molecule is Cc1ccc(-n2nc(C(=O)NCCN3CCOCC3)c(=O)n(Cc3ccccc3Cl)c2=O)cc1Cl. The van der Waals surface area contributed by atoms with Crippen LogP contribution in [0.3, 0.4) is 0 Å². The molecule has 0 bridgehead atoms. The summed E-state index contributed by atoms with van der Waals surface area (Å²) in [7, 11) is 0. The van der Waals surface area contributed by atoms with Gasteiger partial charge in [0.15, 0.2) is 0 Å². The van der Waals surface area contributed by atoms with Gasteiger partial charge in [0.2, 0.25) is 5.69 Å². The number of carbonyl (C=O) groups excluding carboxylic acids is 1. The predicted octanol–water partition coefficient (Wildman–Crippen LogP) is 2.12. The third-order valence-electron chi connectivity index (χ3n) is 5.78. The van der Waals surface area contributed by atoms with E-state index in [1.807, 2.05) is 6.92 Å². The van der Waals surface area contributed by atoms with Gasteiger partial charge in [0.25, 0.3) is 11.5 Å². The van der Waals surface area contributed by atoms with Crippen molar-refractivity contribution < 1.29 is 9.53 Å². The lowest BCUT2D eigenvalue weighted by Gasteiger charge is -2.26. The smallest absolute Gasteiger partial charge is 0.352 e. The van der Waals surface area contributed by atoms with Crippen molar-refractivity contribution in [3.8, 4) is 5.69 Å². The second kappa shape index (κ2) is 11.2. The molecule has 2 aromatic carbocycles. The molecule has 9 nitrogen and oxygen atoms in total. The largest absolute Gasteiger partial charge is 0.379 e. The number of aryl methyl sites for hydroxylation is 1. The van der Waals surface area contributed by atoms with E-state index in [4.69, 9.17) is 27.9 Å². The van der Waals surface area contributed by atoms with Crippen molar-refractivity contribution in [2.45, 2.75) is 13.5 Å². The van der Waals surface area contributed by atoms with E-state index in [9.17, 15) is 14.4 Å². The van der Waals surface area contributed by atoms with Crippen LogP contribution >= 0.6 is 23.2 Å². The molecule has 11 heteroatoms. The molecule has 0 unspecified atom stereocenters. The standard InChI is InChI=1S/C24H25Cl2N5O4/c1-16-6-7-18(14-20(16)26)31-24(34)30(15-17-4-2-3-5-19(17)25)23(33)21(28-31)22(32)27-8-9-29-10-12-35-13-11-29/h2-7,14H,8-13,15H2,1H3,(H,27,32). The number of rotatable bonds is 7. The second-order valence-corrected chi connectivity index (χ2v) is 8.98. The summed E-state index contributed by atoms with van der Waals surface area (Å²) in [5.74, 6) is -0.664. The van der Waals surface area contributed by atoms with E-state index in [0.717, 1.165) is 27.9 Å². The van der Waals surface area contributed by atoms with Gasteiger partial charge in [-0.05, 0) is 36.2 Å². The number of hydrogen-bond donors (Lipinski definition) is 1. The van der Waals surface area contributed by atoms with Crippen molar-refractivity contribution in [2.75, 3.05) is 39.4 Å². The molecule has 1 saturated heterocycles. The first-order valence-corrected chi connectivity index (χ1v) is 11.9. The lowest BCUT2D eigenvalue weighted by Crippen LogP contribution is -2.47. The molecule has 0 radical (unpaired) electrons. The number of benzene rings is 2. The molecule has 0 spiro atoms. The fourth-order valence-corrected chi connectivity index (χ4v) is 4.08. The Morgan fingerprint density at radius 1 is 1.09 bits per heavy atom. The number of hydrogen-bond acceptors (Lipinski definition) is 6. The summed E-state index contributed by atoms with van der Waals surface area (Å²) in [6, 6.07) is 11.8. The normalized spacial score (nSPS) is 14.1. The molecule has 3 aromatic rings. The molecule has 1 aromatic heterocycles. The van der Waals surface area contributed by atoms with Crippen LogP contribution in [-0.4, -0.2) is 64.5 Å². The molecule has 1 N–H and O–H groups in total. The Hall–Kier alpha value is -2.98. The summed E-state index contributed by atoms with van der Waals surface area (Å²) in [6.45, 7) is 5.48. The van der Waals surface area contributed by atoms with Gasteiger partial charge in [-0.3, -0.25) is 19.1 Å². The first-order chi connectivity index (χ1) is 16.8. The maximum absolute atomic E-state index is 13.3. The minimum absolute atomic E-state index is 0.118. The number of nitrogens with one attached hydrogen (secondary N) is 1. The summed E-state index contributed by atoms with van der Waals surface area (Å²) in [6.07, 6.45) is 0. The van der Waals surface area contributed by atoms with Crippen molar-refractivity contribution in [3.63, 3.8) is 0 Å². The van der Waals surface area contributed by atoms with Gasteiger partial charge >= 0.3 is 5.69 Å². The molecule has 1 aliphatic heterocycles. The summed E-state index contributed by atoms with van der Waals surface area (Å²) < 4.78 is 7.30. The highest BCUT2D eigenvalue weighted by Gasteiger charge is 2.21. The van der Waals surface area contributed by atoms with E-state index >= 15 is 0 Å². The Morgan fingerprint density at radius 3 is 2.54 bits per heavy atom. The topological polar surface area (TPSA) is 98.5 Å². The maximum atomic E-state index is 13.3. The number of nitrogens with zero attached hydrogens (tertiary/aromatic N) is 4. The van der Waals surface area contributed by atoms with E-state index in [1.54, 1.807) is 42.5 Å². The van der Waals surface area contributed by atoms with Crippen LogP contribution in [0.5, 0.6) is 0 Å². The van der Waals surface area contributed by atoms with Gasteiger partial charge in [-0.1, -0.05) is 47.5 Å². The molecule has 2 heterocycles. The van der Waals surface area contributed by atoms with E-state index in [2.05, 4.69) is 15.3 Å². The fourth-order valence-electron chi connectivity index (χ4n) is 3.71. The molecule has 4 rings (SSSR count). The molecular weight excluding hydrogens is 493 g/mol. The maximum Gasteiger partial charge on any atom is 0.352 e. The Bertz CT molecular complexity index is 1350. The third kappa shape index (κ3) is 5.82. The van der Waals surface area contributed by atoms with E-state index in [1.165, 1.54) is 0 Å². The number of amides is 1. The van der Waals surface area contributed by atoms with Gasteiger partial charge in [-0.15, -0.1) is 0 Å². The van der Waals surface area contributed by atoms with Crippen molar-refractivity contribution in [2.24, 2.45) is 0 Å². The molecule has 0 atom stereocenters. The fraction of sp³-hybridized carbons (Fsp3) is 0.333. The number of ether oxygens (including phenoxy) is 1. The molecule has 184 valence electrons. The van der Waals surface area contributed by atoms with E-state index in [0.29, 0.717) is 47.6 Å². The van der Waals surface area contributed by atoms with Gasteiger partial charge in [-0.2, -0.15) is 9.78 Å². The highest BCUT2D eigenvalue weighted by atomic mass is 35.5. The summed E-state index contributed by atoms with van der Waals surface area (Å²) in [5.41, 5.74) is -0.190. The van der Waals surface area contributed by atoms with Gasteiger partial charge in [-0.25, -0.2) is 4.79 Å². The quantitative estimate of drug-likeness (QED) is 0.515. The lowest BCUT2D eigenvalue weighted by molar-refractivity contribution is 0.0383. The van der Waals surface area contributed by atoms with Crippen LogP contribution in [0.15, 0.2) is 52.1 Å². The monoisotopic (exact) mass is 517 g/mol. The molecule has 35 heavy (non-hydrogen) atoms. The van der Waals surface area contributed by atoms with Crippen molar-refractivity contribution in [1.82, 2.24) is 24.6 Å². The average molecular weight is 518 g/mol. The van der Waals surface area contributed by atoms with Crippen LogP contribution in [0.4, 0.5) is 0 Å². The lowest BCUT2D eigenvalue weighted by atomic mass is 10.2. The summed E-state index contributed by atoms with van der Waals surface area (Å²) >= 11 is 12.5. The molecule has 1 fully saturated rings. The van der Waals surface area contributed by atoms with E-state index < -0.39 is 22.9 Å². The van der Waals surface area contributed by atoms with Crippen LogP contribution in [0.1, 0.15) is 21.6 Å². The third-order valence-corrected chi connectivity index (χ3v) is 6.55. The highest BCUT2D eigenvalue weighted by molar-refractivity contribution is 6.31. The number of morpholine rings is 1. The van der Waals surface area contributed by atoms with Crippen LogP contribution in [0.2, 0.25) is 10.0 Å². The number of carbonyl (C=O) groups is 1. The van der Waals surface area contributed by atoms with Crippen LogP contribution in [0.25, 0.3) is 5.69 Å². The first-order valence-electron chi connectivity index (χ1n) is 11.2. The Labute approximate surface area is 211 Å². The Morgan fingerprint density at radius 2 is 1.83 bits per heavy atom. The van der Waals surface area contributed by atoms with Crippen molar-refractivity contribution >= 4 is 29.1 Å². The number of aromatic nitrogens is 3. The summed E-state index contributed by atoms with van der Waals surface area (Å²) in [5, 5.41) is 7.71. The zero-order valence-electron chi connectivity index (χ0n) is 19.2. The van der Waals surface area contributed by atoms with Crippen LogP contribution in [0, 0.1) is 6.92 Å². The van der Waals surface area contributed by atoms with Crippen LogP contribution < -0.4 is 16.6 Å². The van der Waals surface area contributed by atoms with Crippen molar-refractivity contribution in [1.29, 1.82) is 0 Å². The number of halogens is 2. The minimum Gasteiger partial charge on any atom is -0.379 e. The molecule has 0 saturated carbocycles. The van der Waals surface area contributed by atoms with Crippen LogP contribution in [-0.2, 0) is 11.3 Å². The molecular formula is C24H25Cl2N5O4. The predicted molar refractivity (Wildman–Crippen MR) is 134 cm³/mol. The van der Waals surface area contributed by atoms with Gasteiger partial charge in [0.1, 0.15) is 0 Å². The Balaban J connectivity index is 1.71. The van der Waals surface area contributed by atoms with Gasteiger partial charge in [0.05, 0.1) is 25.4 Å². The van der Waals surface area contributed by atoms with Crippen molar-refractivity contribution in [3.05, 3.63) is 90.2 Å². The summed E-state index contributed by atoms with van der Waals surface area (Å²) in [4.78, 5) is 41.7. The zero-order chi connectivity index (χ0) is 24.9. The van der Waals surface area contributed by atoms with E-state index in [-0.39, 0.29) is 6.54 Å².